The second-order valence-electron chi connectivity index (χ2n) is 7.93. The molecule has 0 bridgehead atoms. The lowest BCUT2D eigenvalue weighted by Gasteiger charge is -2.15. The van der Waals surface area contributed by atoms with Crippen molar-refractivity contribution in [1.82, 2.24) is 24.5 Å². The lowest BCUT2D eigenvalue weighted by Crippen LogP contribution is -2.28. The molecular weight excluding hydrogens is 475 g/mol. The molecule has 10 nitrogen and oxygen atoms in total. The van der Waals surface area contributed by atoms with E-state index in [1.807, 2.05) is 0 Å². The van der Waals surface area contributed by atoms with Gasteiger partial charge in [-0.1, -0.05) is 12.1 Å². The van der Waals surface area contributed by atoms with E-state index in [0.717, 1.165) is 11.3 Å². The van der Waals surface area contributed by atoms with Gasteiger partial charge in [-0.2, -0.15) is 4.52 Å². The third kappa shape index (κ3) is 4.57. The number of benzene rings is 2. The number of fused-ring (bicyclic) bond motifs is 2. The van der Waals surface area contributed by atoms with Gasteiger partial charge in [0.05, 0.1) is 4.90 Å². The first-order valence-electron chi connectivity index (χ1n) is 10.8. The van der Waals surface area contributed by atoms with Crippen molar-refractivity contribution in [2.75, 3.05) is 24.6 Å². The first-order chi connectivity index (χ1) is 16.8. The van der Waals surface area contributed by atoms with E-state index in [-0.39, 0.29) is 29.8 Å². The summed E-state index contributed by atoms with van der Waals surface area (Å²) in [5, 5.41) is 12.4. The number of carbonyl (C=O) groups is 1. The number of nitrogens with one attached hydrogen (secondary N) is 1. The fraction of sp³-hybridized carbons (Fsp3) is 0.217. The van der Waals surface area contributed by atoms with Crippen LogP contribution in [-0.4, -0.2) is 53.8 Å². The largest absolute Gasteiger partial charge is 0.475 e. The summed E-state index contributed by atoms with van der Waals surface area (Å²) < 4.78 is 48.6. The topological polar surface area (TPSA) is 119 Å². The molecule has 0 saturated heterocycles. The average molecular weight is 497 g/mol. The van der Waals surface area contributed by atoms with E-state index in [2.05, 4.69) is 20.0 Å². The maximum atomic E-state index is 13.6. The molecule has 4 aromatic rings. The monoisotopic (exact) mass is 496 g/mol. The number of carbonyl (C=O) groups excluding carboxylic acids is 1. The molecule has 0 spiro atoms. The number of ether oxygens (including phenoxy) is 1. The zero-order valence-electron chi connectivity index (χ0n) is 18.7. The zero-order valence-corrected chi connectivity index (χ0v) is 19.5. The molecule has 1 aliphatic heterocycles. The number of anilines is 1. The number of hydrogen-bond donors (Lipinski definition) is 1. The SMILES string of the molecule is CC(=O)N1CCc2cc(S(=O)(=O)NCCOc3ccc4nnc(-c5cccc(F)c5)n4n3)ccc21. The van der Waals surface area contributed by atoms with Crippen LogP contribution in [0.3, 0.4) is 0 Å². The Kier molecular flexibility index (Phi) is 5.91. The van der Waals surface area contributed by atoms with Crippen LogP contribution >= 0.6 is 0 Å². The molecule has 2 aromatic carbocycles. The molecule has 0 radical (unpaired) electrons. The first-order valence-corrected chi connectivity index (χ1v) is 12.3. The molecular formula is C23H21FN6O4S. The molecule has 35 heavy (non-hydrogen) atoms. The van der Waals surface area contributed by atoms with E-state index >= 15 is 0 Å². The molecule has 3 heterocycles. The lowest BCUT2D eigenvalue weighted by molar-refractivity contribution is -0.116. The summed E-state index contributed by atoms with van der Waals surface area (Å²) in [6.45, 7) is 2.07. The minimum absolute atomic E-state index is 0.0115. The van der Waals surface area contributed by atoms with Gasteiger partial charge < -0.3 is 9.64 Å². The van der Waals surface area contributed by atoms with E-state index in [1.165, 1.54) is 29.6 Å². The van der Waals surface area contributed by atoms with Crippen LogP contribution in [0.25, 0.3) is 17.0 Å². The summed E-state index contributed by atoms with van der Waals surface area (Å²) in [4.78, 5) is 13.5. The van der Waals surface area contributed by atoms with Crippen LogP contribution in [0.5, 0.6) is 5.88 Å². The Balaban J connectivity index is 1.24. The Bertz CT molecular complexity index is 1540. The van der Waals surface area contributed by atoms with E-state index in [0.29, 0.717) is 30.0 Å². The van der Waals surface area contributed by atoms with Crippen LogP contribution in [-0.2, 0) is 21.2 Å². The second-order valence-corrected chi connectivity index (χ2v) is 9.70. The Labute approximate surface area is 200 Å². The summed E-state index contributed by atoms with van der Waals surface area (Å²) in [6, 6.07) is 13.9. The predicted octanol–water partition coefficient (Wildman–Crippen LogP) is 2.20. The standard InChI is InChI=1S/C23H21FN6O4S/c1-15(31)29-11-9-16-14-19(5-6-20(16)29)35(32,33)25-10-12-34-22-8-7-21-26-27-23(30(21)28-22)17-3-2-4-18(24)13-17/h2-8,13-14,25H,9-12H2,1H3. The third-order valence-electron chi connectivity index (χ3n) is 5.60. The van der Waals surface area contributed by atoms with Crippen molar-refractivity contribution in [2.45, 2.75) is 18.2 Å². The summed E-state index contributed by atoms with van der Waals surface area (Å²) in [6.07, 6.45) is 0.607. The highest BCUT2D eigenvalue weighted by Gasteiger charge is 2.24. The number of rotatable bonds is 7. The maximum absolute atomic E-state index is 13.6. The van der Waals surface area contributed by atoms with Gasteiger partial charge in [0.25, 0.3) is 0 Å². The number of halogens is 1. The molecule has 0 unspecified atom stereocenters. The summed E-state index contributed by atoms with van der Waals surface area (Å²) in [7, 11) is -3.76. The van der Waals surface area contributed by atoms with Gasteiger partial charge in [0.15, 0.2) is 11.5 Å². The van der Waals surface area contributed by atoms with Crippen LogP contribution in [0, 0.1) is 5.82 Å². The van der Waals surface area contributed by atoms with Gasteiger partial charge in [0, 0.05) is 37.3 Å². The van der Waals surface area contributed by atoms with Crippen LogP contribution in [0.1, 0.15) is 12.5 Å². The molecule has 0 aliphatic carbocycles. The van der Waals surface area contributed by atoms with Crippen molar-refractivity contribution in [3.8, 4) is 17.3 Å². The van der Waals surface area contributed by atoms with E-state index in [9.17, 15) is 17.6 Å². The molecule has 2 aromatic heterocycles. The van der Waals surface area contributed by atoms with Crippen molar-refractivity contribution >= 4 is 27.3 Å². The highest BCUT2D eigenvalue weighted by atomic mass is 32.2. The van der Waals surface area contributed by atoms with E-state index < -0.39 is 15.8 Å². The van der Waals surface area contributed by atoms with Gasteiger partial charge in [-0.3, -0.25) is 4.79 Å². The van der Waals surface area contributed by atoms with Crippen molar-refractivity contribution in [1.29, 1.82) is 0 Å². The minimum Gasteiger partial charge on any atom is -0.475 e. The second kappa shape index (κ2) is 9.04. The lowest BCUT2D eigenvalue weighted by atomic mass is 10.2. The molecule has 1 amide bonds. The molecule has 0 fully saturated rings. The highest BCUT2D eigenvalue weighted by Crippen LogP contribution is 2.30. The maximum Gasteiger partial charge on any atom is 0.240 e. The van der Waals surface area contributed by atoms with Crippen molar-refractivity contribution in [3.63, 3.8) is 0 Å². The molecule has 1 aliphatic rings. The predicted molar refractivity (Wildman–Crippen MR) is 125 cm³/mol. The summed E-state index contributed by atoms with van der Waals surface area (Å²) in [5.41, 5.74) is 2.53. The number of nitrogens with zero attached hydrogens (tertiary/aromatic N) is 5. The molecule has 180 valence electrons. The van der Waals surface area contributed by atoms with Gasteiger partial charge in [-0.25, -0.2) is 17.5 Å². The van der Waals surface area contributed by atoms with Gasteiger partial charge in [-0.15, -0.1) is 15.3 Å². The Morgan fingerprint density at radius 3 is 2.80 bits per heavy atom. The Hall–Kier alpha value is -3.90. The molecule has 1 N–H and O–H groups in total. The first kappa shape index (κ1) is 22.9. The Morgan fingerprint density at radius 1 is 1.14 bits per heavy atom. The van der Waals surface area contributed by atoms with Gasteiger partial charge >= 0.3 is 0 Å². The number of hydrogen-bond acceptors (Lipinski definition) is 7. The number of amides is 1. The molecule has 0 atom stereocenters. The number of aromatic nitrogens is 4. The normalized spacial score (nSPS) is 13.3. The number of sulfonamides is 1. The smallest absolute Gasteiger partial charge is 0.240 e. The molecule has 5 rings (SSSR count). The van der Waals surface area contributed by atoms with Gasteiger partial charge in [0.2, 0.25) is 21.8 Å². The van der Waals surface area contributed by atoms with Crippen LogP contribution in [0.15, 0.2) is 59.5 Å². The minimum atomic E-state index is -3.76. The molecule has 12 heteroatoms. The fourth-order valence-corrected chi connectivity index (χ4v) is 5.01. The van der Waals surface area contributed by atoms with Crippen LogP contribution in [0.4, 0.5) is 10.1 Å². The van der Waals surface area contributed by atoms with E-state index in [1.54, 1.807) is 41.3 Å². The zero-order chi connectivity index (χ0) is 24.6. The van der Waals surface area contributed by atoms with Crippen molar-refractivity contribution < 1.29 is 22.3 Å². The van der Waals surface area contributed by atoms with Crippen LogP contribution < -0.4 is 14.4 Å². The molecule has 0 saturated carbocycles. The van der Waals surface area contributed by atoms with Crippen LogP contribution in [0.2, 0.25) is 0 Å². The summed E-state index contributed by atoms with van der Waals surface area (Å²) >= 11 is 0. The Morgan fingerprint density at radius 2 is 2.00 bits per heavy atom. The fourth-order valence-electron chi connectivity index (χ4n) is 3.94. The van der Waals surface area contributed by atoms with Crippen molar-refractivity contribution in [2.24, 2.45) is 0 Å². The summed E-state index contributed by atoms with van der Waals surface area (Å²) in [5.74, 6) is 0.107. The highest BCUT2D eigenvalue weighted by molar-refractivity contribution is 7.89. The van der Waals surface area contributed by atoms with E-state index in [4.69, 9.17) is 4.74 Å². The van der Waals surface area contributed by atoms with Gasteiger partial charge in [-0.05, 0) is 48.4 Å². The average Bonchev–Trinajstić information content (AvgIpc) is 3.45. The quantitative estimate of drug-likeness (QED) is 0.390. The van der Waals surface area contributed by atoms with Gasteiger partial charge in [0.1, 0.15) is 12.4 Å². The third-order valence-corrected chi connectivity index (χ3v) is 7.06. The van der Waals surface area contributed by atoms with Crippen molar-refractivity contribution in [3.05, 3.63) is 66.0 Å².